The Morgan fingerprint density at radius 2 is 2.15 bits per heavy atom. The van der Waals surface area contributed by atoms with Gasteiger partial charge in [0.2, 0.25) is 5.91 Å². The molecule has 0 radical (unpaired) electrons. The predicted octanol–water partition coefficient (Wildman–Crippen LogP) is 3.09. The van der Waals surface area contributed by atoms with E-state index in [2.05, 4.69) is 5.32 Å². The first-order valence-corrected chi connectivity index (χ1v) is 7.27. The number of hydrogen-bond acceptors (Lipinski definition) is 4. The van der Waals surface area contributed by atoms with Gasteiger partial charge in [0.1, 0.15) is 11.9 Å². The normalized spacial score (nSPS) is 11.9. The molecule has 1 atom stereocenters. The average molecular weight is 290 g/mol. The summed E-state index contributed by atoms with van der Waals surface area (Å²) in [5, 5.41) is 4.79. The van der Waals surface area contributed by atoms with Crippen molar-refractivity contribution in [2.45, 2.75) is 20.0 Å². The van der Waals surface area contributed by atoms with Gasteiger partial charge in [0, 0.05) is 18.3 Å². The van der Waals surface area contributed by atoms with Crippen molar-refractivity contribution in [2.24, 2.45) is 5.73 Å². The molecule has 1 unspecified atom stereocenters. The molecule has 0 aliphatic rings. The Bertz CT molecular complexity index is 595. The zero-order valence-electron chi connectivity index (χ0n) is 11.6. The summed E-state index contributed by atoms with van der Waals surface area (Å²) in [6, 6.07) is 9.41. The largest absolute Gasteiger partial charge is 0.481 e. The summed E-state index contributed by atoms with van der Waals surface area (Å²) < 4.78 is 5.99. The van der Waals surface area contributed by atoms with Gasteiger partial charge in [0.05, 0.1) is 5.69 Å². The molecule has 5 heteroatoms. The number of ether oxygens (including phenoxy) is 1. The van der Waals surface area contributed by atoms with E-state index in [0.29, 0.717) is 18.0 Å². The number of carbonyl (C=O) groups is 1. The molecule has 4 nitrogen and oxygen atoms in total. The first kappa shape index (κ1) is 14.6. The summed E-state index contributed by atoms with van der Waals surface area (Å²) in [7, 11) is 0. The van der Waals surface area contributed by atoms with Crippen LogP contribution in [0.5, 0.6) is 5.75 Å². The minimum absolute atomic E-state index is 0.127. The Morgan fingerprint density at radius 3 is 2.75 bits per heavy atom. The molecule has 106 valence electrons. The Kier molecular flexibility index (Phi) is 4.76. The lowest BCUT2D eigenvalue weighted by Crippen LogP contribution is -2.19. The van der Waals surface area contributed by atoms with Gasteiger partial charge in [0.25, 0.3) is 0 Å². The third-order valence-electron chi connectivity index (χ3n) is 2.88. The highest BCUT2D eigenvalue weighted by molar-refractivity contribution is 7.10. The standard InChI is InChI=1S/C15H18N2O2S/c1-10-7-8-20-15(10)14(9-16)19-13-6-4-3-5-12(13)17-11(2)18/h3-8,14H,9,16H2,1-2H3,(H,17,18). The molecule has 0 spiro atoms. The summed E-state index contributed by atoms with van der Waals surface area (Å²) in [6.07, 6.45) is -0.204. The predicted molar refractivity (Wildman–Crippen MR) is 82.2 cm³/mol. The van der Waals surface area contributed by atoms with Crippen LogP contribution in [0.1, 0.15) is 23.5 Å². The van der Waals surface area contributed by atoms with Crippen LogP contribution in [0.4, 0.5) is 5.69 Å². The number of aryl methyl sites for hydroxylation is 1. The number of nitrogens with two attached hydrogens (primary N) is 1. The van der Waals surface area contributed by atoms with Crippen LogP contribution in [-0.4, -0.2) is 12.5 Å². The average Bonchev–Trinajstić information content (AvgIpc) is 2.83. The third kappa shape index (κ3) is 3.37. The lowest BCUT2D eigenvalue weighted by molar-refractivity contribution is -0.114. The fourth-order valence-electron chi connectivity index (χ4n) is 1.94. The van der Waals surface area contributed by atoms with Crippen molar-refractivity contribution >= 4 is 22.9 Å². The van der Waals surface area contributed by atoms with Gasteiger partial charge >= 0.3 is 0 Å². The van der Waals surface area contributed by atoms with Gasteiger partial charge in [-0.15, -0.1) is 11.3 Å². The van der Waals surface area contributed by atoms with E-state index >= 15 is 0 Å². The number of nitrogens with one attached hydrogen (secondary N) is 1. The number of thiophene rings is 1. The monoisotopic (exact) mass is 290 g/mol. The molecule has 0 fully saturated rings. The molecular formula is C15H18N2O2S. The summed E-state index contributed by atoms with van der Waals surface area (Å²) in [6.45, 7) is 3.90. The maximum absolute atomic E-state index is 11.2. The van der Waals surface area contributed by atoms with Gasteiger partial charge in [-0.05, 0) is 36.1 Å². The molecule has 2 rings (SSSR count). The zero-order chi connectivity index (χ0) is 14.5. The lowest BCUT2D eigenvalue weighted by atomic mass is 10.2. The fourth-order valence-corrected chi connectivity index (χ4v) is 2.91. The van der Waals surface area contributed by atoms with Crippen molar-refractivity contribution in [1.82, 2.24) is 0 Å². The lowest BCUT2D eigenvalue weighted by Gasteiger charge is -2.19. The summed E-state index contributed by atoms with van der Waals surface area (Å²) in [4.78, 5) is 12.3. The highest BCUT2D eigenvalue weighted by Gasteiger charge is 2.17. The molecular weight excluding hydrogens is 272 g/mol. The Balaban J connectivity index is 2.24. The Hall–Kier alpha value is -1.85. The van der Waals surface area contributed by atoms with Gasteiger partial charge in [-0.1, -0.05) is 12.1 Å². The van der Waals surface area contributed by atoms with Gasteiger partial charge < -0.3 is 15.8 Å². The van der Waals surface area contributed by atoms with Crippen LogP contribution >= 0.6 is 11.3 Å². The summed E-state index contributed by atoms with van der Waals surface area (Å²) >= 11 is 1.63. The molecule has 2 aromatic rings. The van der Waals surface area contributed by atoms with Crippen LogP contribution in [0.2, 0.25) is 0 Å². The molecule has 0 aliphatic heterocycles. The van der Waals surface area contributed by atoms with Crippen molar-refractivity contribution < 1.29 is 9.53 Å². The van der Waals surface area contributed by atoms with Crippen molar-refractivity contribution in [3.8, 4) is 5.75 Å². The van der Waals surface area contributed by atoms with E-state index in [1.54, 1.807) is 11.3 Å². The number of rotatable bonds is 5. The highest BCUT2D eigenvalue weighted by Crippen LogP contribution is 2.32. The molecule has 0 aliphatic carbocycles. The second-order valence-corrected chi connectivity index (χ2v) is 5.44. The topological polar surface area (TPSA) is 64.3 Å². The Labute approximate surface area is 122 Å². The van der Waals surface area contributed by atoms with Crippen LogP contribution in [0.15, 0.2) is 35.7 Å². The smallest absolute Gasteiger partial charge is 0.221 e. The summed E-state index contributed by atoms with van der Waals surface area (Å²) in [5.41, 5.74) is 7.66. The number of para-hydroxylation sites is 2. The molecule has 1 heterocycles. The fraction of sp³-hybridized carbons (Fsp3) is 0.267. The van der Waals surface area contributed by atoms with Crippen LogP contribution in [0.3, 0.4) is 0 Å². The number of hydrogen-bond donors (Lipinski definition) is 2. The maximum Gasteiger partial charge on any atom is 0.221 e. The Morgan fingerprint density at radius 1 is 1.40 bits per heavy atom. The second-order valence-electron chi connectivity index (χ2n) is 4.49. The van der Waals surface area contributed by atoms with E-state index in [4.69, 9.17) is 10.5 Å². The van der Waals surface area contributed by atoms with Crippen molar-refractivity contribution in [1.29, 1.82) is 0 Å². The molecule has 1 aromatic carbocycles. The second kappa shape index (κ2) is 6.54. The summed E-state index contributed by atoms with van der Waals surface area (Å²) in [5.74, 6) is 0.503. The van der Waals surface area contributed by atoms with E-state index < -0.39 is 0 Å². The van der Waals surface area contributed by atoms with E-state index in [1.807, 2.05) is 42.6 Å². The van der Waals surface area contributed by atoms with Gasteiger partial charge in [-0.2, -0.15) is 0 Å². The van der Waals surface area contributed by atoms with Crippen molar-refractivity contribution in [2.75, 3.05) is 11.9 Å². The third-order valence-corrected chi connectivity index (χ3v) is 3.99. The van der Waals surface area contributed by atoms with Crippen LogP contribution in [0.25, 0.3) is 0 Å². The highest BCUT2D eigenvalue weighted by atomic mass is 32.1. The van der Waals surface area contributed by atoms with E-state index in [1.165, 1.54) is 12.5 Å². The van der Waals surface area contributed by atoms with Gasteiger partial charge in [0.15, 0.2) is 0 Å². The van der Waals surface area contributed by atoms with Crippen LogP contribution in [0, 0.1) is 6.92 Å². The van der Waals surface area contributed by atoms with E-state index in [-0.39, 0.29) is 12.0 Å². The van der Waals surface area contributed by atoms with Gasteiger partial charge in [-0.25, -0.2) is 0 Å². The number of carbonyl (C=O) groups excluding carboxylic acids is 1. The first-order valence-electron chi connectivity index (χ1n) is 6.39. The van der Waals surface area contributed by atoms with Gasteiger partial charge in [-0.3, -0.25) is 4.79 Å². The molecule has 0 saturated carbocycles. The molecule has 3 N–H and O–H groups in total. The first-order chi connectivity index (χ1) is 9.61. The number of anilines is 1. The van der Waals surface area contributed by atoms with E-state index in [0.717, 1.165) is 4.88 Å². The number of benzene rings is 1. The minimum Gasteiger partial charge on any atom is -0.481 e. The quantitative estimate of drug-likeness (QED) is 0.889. The van der Waals surface area contributed by atoms with Crippen LogP contribution < -0.4 is 15.8 Å². The minimum atomic E-state index is -0.204. The van der Waals surface area contributed by atoms with Crippen molar-refractivity contribution in [3.63, 3.8) is 0 Å². The zero-order valence-corrected chi connectivity index (χ0v) is 12.4. The van der Waals surface area contributed by atoms with Crippen LogP contribution in [-0.2, 0) is 4.79 Å². The molecule has 20 heavy (non-hydrogen) atoms. The molecule has 1 aromatic heterocycles. The SMILES string of the molecule is CC(=O)Nc1ccccc1OC(CN)c1sccc1C. The van der Waals surface area contributed by atoms with E-state index in [9.17, 15) is 4.79 Å². The molecule has 0 saturated heterocycles. The number of amides is 1. The molecule has 1 amide bonds. The van der Waals surface area contributed by atoms with Crippen molar-refractivity contribution in [3.05, 3.63) is 46.2 Å². The molecule has 0 bridgehead atoms. The maximum atomic E-state index is 11.2.